The van der Waals surface area contributed by atoms with Crippen molar-refractivity contribution in [3.05, 3.63) is 180 Å². The molecule has 216 valence electrons. The number of rotatable bonds is 7. The van der Waals surface area contributed by atoms with Gasteiger partial charge in [-0.25, -0.2) is 10.1 Å². The molecule has 6 rings (SSSR count). The first-order valence-electron chi connectivity index (χ1n) is 14.9. The summed E-state index contributed by atoms with van der Waals surface area (Å²) in [6, 6.07) is 48.5. The van der Waals surface area contributed by atoms with Crippen LogP contribution in [0.1, 0.15) is 18.9 Å². The van der Waals surface area contributed by atoms with Gasteiger partial charge in [0.15, 0.2) is 0 Å². The lowest BCUT2D eigenvalue weighted by Crippen LogP contribution is -2.13. The summed E-state index contributed by atoms with van der Waals surface area (Å²) in [5.41, 5.74) is 9.72. The summed E-state index contributed by atoms with van der Waals surface area (Å²) in [5.74, 6) is 0.642. The Morgan fingerprint density at radius 2 is 1.18 bits per heavy atom. The van der Waals surface area contributed by atoms with Crippen LogP contribution in [0.4, 0.5) is 17.1 Å². The topological polar surface area (TPSA) is 40.6 Å². The Morgan fingerprint density at radius 1 is 0.711 bits per heavy atom. The van der Waals surface area contributed by atoms with Gasteiger partial charge in [0.25, 0.3) is 5.70 Å². The van der Waals surface area contributed by atoms with Crippen molar-refractivity contribution in [3.63, 3.8) is 0 Å². The van der Waals surface area contributed by atoms with Gasteiger partial charge in [0.2, 0.25) is 0 Å². The zero-order chi connectivity index (χ0) is 31.0. The fourth-order valence-corrected chi connectivity index (χ4v) is 5.50. The lowest BCUT2D eigenvalue weighted by Gasteiger charge is -2.26. The standard InChI is InChI=1S/C41H31N3O/c1-30-27-36(41(29-42)43-2)28-40(45-30)26-15-31-13-20-37(21-14-31)44(38-22-16-34(17-23-38)32-9-5-3-6-10-32)39-24-18-35(19-25-39)33-11-7-4-8-12-33/h3-26,28,30H,27H2,1H3/b26-15+,41-36?. The second-order valence-corrected chi connectivity index (χ2v) is 10.9. The molecule has 5 aromatic carbocycles. The van der Waals surface area contributed by atoms with Crippen LogP contribution in [0, 0.1) is 17.9 Å². The molecule has 1 atom stereocenters. The molecule has 0 radical (unpaired) electrons. The Hall–Kier alpha value is -6.10. The average Bonchev–Trinajstić information content (AvgIpc) is 3.10. The van der Waals surface area contributed by atoms with E-state index in [1.54, 1.807) is 6.08 Å². The molecule has 0 amide bonds. The van der Waals surface area contributed by atoms with E-state index in [1.807, 2.05) is 37.3 Å². The normalized spacial score (nSPS) is 15.4. The van der Waals surface area contributed by atoms with Gasteiger partial charge in [0.05, 0.1) is 18.7 Å². The fourth-order valence-electron chi connectivity index (χ4n) is 5.50. The average molecular weight is 582 g/mol. The number of benzene rings is 5. The summed E-state index contributed by atoms with van der Waals surface area (Å²) in [7, 11) is 0. The first-order chi connectivity index (χ1) is 22.1. The SMILES string of the molecule is [C-]#[N+]C(C#N)=C1C=C(/C=C/c2ccc(N(c3ccc(-c4ccccc4)cc3)c3ccc(-c4ccccc4)cc3)cc2)OC(C)C1. The Balaban J connectivity index is 1.31. The van der Waals surface area contributed by atoms with E-state index in [-0.39, 0.29) is 11.8 Å². The van der Waals surface area contributed by atoms with Crippen molar-refractivity contribution >= 4 is 23.1 Å². The monoisotopic (exact) mass is 581 g/mol. The largest absolute Gasteiger partial charge is 0.490 e. The van der Waals surface area contributed by atoms with Crippen molar-refractivity contribution < 1.29 is 4.74 Å². The number of allylic oxidation sites excluding steroid dienone is 3. The molecule has 1 aliphatic heterocycles. The molecule has 0 fully saturated rings. The Labute approximate surface area is 264 Å². The van der Waals surface area contributed by atoms with Crippen LogP contribution < -0.4 is 4.90 Å². The predicted octanol–water partition coefficient (Wildman–Crippen LogP) is 10.9. The summed E-state index contributed by atoms with van der Waals surface area (Å²) < 4.78 is 5.96. The van der Waals surface area contributed by atoms with Gasteiger partial charge in [0.1, 0.15) is 5.76 Å². The molecule has 5 aromatic rings. The summed E-state index contributed by atoms with van der Waals surface area (Å²) in [6.45, 7) is 9.24. The molecule has 0 saturated heterocycles. The van der Waals surface area contributed by atoms with E-state index in [1.165, 1.54) is 22.3 Å². The molecule has 45 heavy (non-hydrogen) atoms. The zero-order valence-corrected chi connectivity index (χ0v) is 25.0. The first-order valence-corrected chi connectivity index (χ1v) is 14.9. The smallest absolute Gasteiger partial charge is 0.265 e. The van der Waals surface area contributed by atoms with E-state index in [4.69, 9.17) is 11.3 Å². The number of hydrogen-bond donors (Lipinski definition) is 0. The molecule has 0 bridgehead atoms. The van der Waals surface area contributed by atoms with Crippen molar-refractivity contribution in [1.82, 2.24) is 0 Å². The molecular formula is C41H31N3O. The number of anilines is 3. The van der Waals surface area contributed by atoms with Crippen LogP contribution in [0.3, 0.4) is 0 Å². The highest BCUT2D eigenvalue weighted by Gasteiger charge is 2.17. The summed E-state index contributed by atoms with van der Waals surface area (Å²) in [6.07, 6.45) is 6.12. The van der Waals surface area contributed by atoms with Gasteiger partial charge >= 0.3 is 0 Å². The maximum Gasteiger partial charge on any atom is 0.265 e. The molecule has 1 heterocycles. The van der Waals surface area contributed by atoms with Gasteiger partial charge in [0, 0.05) is 23.5 Å². The van der Waals surface area contributed by atoms with E-state index in [9.17, 15) is 5.26 Å². The second-order valence-electron chi connectivity index (χ2n) is 10.9. The highest BCUT2D eigenvalue weighted by molar-refractivity contribution is 5.80. The lowest BCUT2D eigenvalue weighted by molar-refractivity contribution is 0.133. The highest BCUT2D eigenvalue weighted by Crippen LogP contribution is 2.37. The van der Waals surface area contributed by atoms with Crippen LogP contribution in [0.25, 0.3) is 33.2 Å². The van der Waals surface area contributed by atoms with Crippen LogP contribution in [-0.2, 0) is 4.74 Å². The van der Waals surface area contributed by atoms with Gasteiger partial charge in [-0.05, 0) is 88.9 Å². The maximum atomic E-state index is 9.31. The Morgan fingerprint density at radius 3 is 1.64 bits per heavy atom. The quantitative estimate of drug-likeness (QED) is 0.142. The molecule has 4 heteroatoms. The van der Waals surface area contributed by atoms with E-state index < -0.39 is 0 Å². The summed E-state index contributed by atoms with van der Waals surface area (Å²) in [5, 5.41) is 9.31. The van der Waals surface area contributed by atoms with Gasteiger partial charge < -0.3 is 9.64 Å². The van der Waals surface area contributed by atoms with E-state index in [0.717, 1.165) is 22.6 Å². The van der Waals surface area contributed by atoms with Gasteiger partial charge in [-0.1, -0.05) is 103 Å². The van der Waals surface area contributed by atoms with Crippen molar-refractivity contribution in [2.45, 2.75) is 19.4 Å². The highest BCUT2D eigenvalue weighted by atomic mass is 16.5. The van der Waals surface area contributed by atoms with Gasteiger partial charge in [-0.3, -0.25) is 0 Å². The number of hydrogen-bond acceptors (Lipinski definition) is 3. The molecular weight excluding hydrogens is 550 g/mol. The van der Waals surface area contributed by atoms with E-state index in [0.29, 0.717) is 17.8 Å². The molecule has 1 unspecified atom stereocenters. The second kappa shape index (κ2) is 13.5. The summed E-state index contributed by atoms with van der Waals surface area (Å²) >= 11 is 0. The fraction of sp³-hybridized carbons (Fsp3) is 0.0732. The van der Waals surface area contributed by atoms with Crippen LogP contribution in [0.5, 0.6) is 0 Å². The minimum Gasteiger partial charge on any atom is -0.490 e. The number of ether oxygens (including phenoxy) is 1. The third-order valence-electron chi connectivity index (χ3n) is 7.74. The first kappa shape index (κ1) is 29.0. The minimum atomic E-state index is -0.104. The maximum absolute atomic E-state index is 9.31. The van der Waals surface area contributed by atoms with Crippen molar-refractivity contribution in [3.8, 4) is 28.3 Å². The Bertz CT molecular complexity index is 1840. The molecule has 0 N–H and O–H groups in total. The van der Waals surface area contributed by atoms with E-state index in [2.05, 4.69) is 131 Å². The predicted molar refractivity (Wildman–Crippen MR) is 184 cm³/mol. The van der Waals surface area contributed by atoms with Crippen LogP contribution in [-0.4, -0.2) is 6.10 Å². The molecule has 0 aliphatic carbocycles. The van der Waals surface area contributed by atoms with Crippen molar-refractivity contribution in [1.29, 1.82) is 5.26 Å². The third kappa shape index (κ3) is 6.78. The lowest BCUT2D eigenvalue weighted by atomic mass is 10.0. The van der Waals surface area contributed by atoms with Crippen LogP contribution >= 0.6 is 0 Å². The van der Waals surface area contributed by atoms with Crippen LogP contribution in [0.2, 0.25) is 0 Å². The molecule has 0 saturated carbocycles. The van der Waals surface area contributed by atoms with Crippen molar-refractivity contribution in [2.24, 2.45) is 0 Å². The number of nitriles is 1. The number of nitrogens with zero attached hydrogens (tertiary/aromatic N) is 3. The summed E-state index contributed by atoms with van der Waals surface area (Å²) in [4.78, 5) is 5.63. The molecule has 4 nitrogen and oxygen atoms in total. The zero-order valence-electron chi connectivity index (χ0n) is 25.0. The van der Waals surface area contributed by atoms with Gasteiger partial charge in [-0.15, -0.1) is 0 Å². The molecule has 0 spiro atoms. The molecule has 0 aromatic heterocycles. The van der Waals surface area contributed by atoms with Crippen molar-refractivity contribution in [2.75, 3.05) is 4.90 Å². The van der Waals surface area contributed by atoms with Gasteiger partial charge in [-0.2, -0.15) is 0 Å². The van der Waals surface area contributed by atoms with E-state index >= 15 is 0 Å². The minimum absolute atomic E-state index is 0.104. The third-order valence-corrected chi connectivity index (χ3v) is 7.74. The Kier molecular flexibility index (Phi) is 8.68. The molecule has 1 aliphatic rings. The van der Waals surface area contributed by atoms with Crippen LogP contribution in [0.15, 0.2) is 163 Å².